The molecule has 0 saturated heterocycles. The number of carbonyl (C=O) groups is 1. The Kier molecular flexibility index (Phi) is 6.87. The third kappa shape index (κ3) is 5.43. The van der Waals surface area contributed by atoms with Crippen LogP contribution in [0.2, 0.25) is 5.02 Å². The second kappa shape index (κ2) is 9.35. The number of thioether (sulfide) groups is 1. The summed E-state index contributed by atoms with van der Waals surface area (Å²) in [5, 5.41) is 11.5. The van der Waals surface area contributed by atoms with Crippen LogP contribution in [0.15, 0.2) is 46.2 Å². The fourth-order valence-electron chi connectivity index (χ4n) is 2.09. The van der Waals surface area contributed by atoms with Crippen LogP contribution in [0, 0.1) is 5.82 Å². The Balaban J connectivity index is 1.54. The van der Waals surface area contributed by atoms with E-state index in [9.17, 15) is 9.18 Å². The number of nitrogens with one attached hydrogen (secondary N) is 1. The Morgan fingerprint density at radius 3 is 2.89 bits per heavy atom. The highest BCUT2D eigenvalue weighted by Gasteiger charge is 2.13. The van der Waals surface area contributed by atoms with Crippen LogP contribution in [0.4, 0.5) is 10.2 Å². The van der Waals surface area contributed by atoms with Gasteiger partial charge in [0.15, 0.2) is 11.0 Å². The number of nitrogens with zero attached hydrogens (tertiary/aromatic N) is 4. The monoisotopic (exact) mass is 485 g/mol. The van der Waals surface area contributed by atoms with Gasteiger partial charge in [0.05, 0.1) is 10.8 Å². The van der Waals surface area contributed by atoms with Gasteiger partial charge in [-0.15, -0.1) is 10.2 Å². The molecule has 0 saturated carbocycles. The van der Waals surface area contributed by atoms with E-state index < -0.39 is 5.82 Å². The largest absolute Gasteiger partial charge is 0.484 e. The van der Waals surface area contributed by atoms with Crippen molar-refractivity contribution in [3.63, 3.8) is 0 Å². The molecule has 0 aliphatic heterocycles. The predicted octanol–water partition coefficient (Wildman–Crippen LogP) is 4.07. The van der Waals surface area contributed by atoms with Crippen LogP contribution < -0.4 is 10.1 Å². The molecule has 3 rings (SSSR count). The molecule has 0 atom stereocenters. The molecule has 11 heteroatoms. The minimum atomic E-state index is -0.439. The van der Waals surface area contributed by atoms with E-state index in [1.807, 2.05) is 0 Å². The van der Waals surface area contributed by atoms with E-state index in [0.717, 1.165) is 4.47 Å². The maximum atomic E-state index is 13.1. The maximum absolute atomic E-state index is 13.1. The van der Waals surface area contributed by atoms with E-state index in [0.29, 0.717) is 22.5 Å². The SMILES string of the molecule is Cn1c(COc2ccc(F)cc2Cl)nnc1SCC(=O)Nc1ccc(Br)cn1. The van der Waals surface area contributed by atoms with Gasteiger partial charge < -0.3 is 14.6 Å². The van der Waals surface area contributed by atoms with E-state index in [2.05, 4.69) is 36.4 Å². The van der Waals surface area contributed by atoms with Gasteiger partial charge >= 0.3 is 0 Å². The molecule has 1 N–H and O–H groups in total. The maximum Gasteiger partial charge on any atom is 0.236 e. The van der Waals surface area contributed by atoms with Gasteiger partial charge in [-0.2, -0.15) is 0 Å². The summed E-state index contributed by atoms with van der Waals surface area (Å²) in [4.78, 5) is 16.1. The molecule has 28 heavy (non-hydrogen) atoms. The van der Waals surface area contributed by atoms with Crippen molar-refractivity contribution in [2.75, 3.05) is 11.1 Å². The number of amides is 1. The summed E-state index contributed by atoms with van der Waals surface area (Å²) in [7, 11) is 1.77. The van der Waals surface area contributed by atoms with Crippen LogP contribution in [-0.4, -0.2) is 31.4 Å². The van der Waals surface area contributed by atoms with Crippen LogP contribution in [-0.2, 0) is 18.4 Å². The molecule has 1 aromatic carbocycles. The minimum Gasteiger partial charge on any atom is -0.484 e. The van der Waals surface area contributed by atoms with Gasteiger partial charge in [-0.1, -0.05) is 23.4 Å². The highest BCUT2D eigenvalue weighted by molar-refractivity contribution is 9.10. The Morgan fingerprint density at radius 1 is 1.36 bits per heavy atom. The number of ether oxygens (including phenoxy) is 1. The number of hydrogen-bond donors (Lipinski definition) is 1. The molecule has 146 valence electrons. The average molecular weight is 487 g/mol. The lowest BCUT2D eigenvalue weighted by atomic mass is 10.3. The normalized spacial score (nSPS) is 10.7. The van der Waals surface area contributed by atoms with Gasteiger partial charge in [0.25, 0.3) is 0 Å². The van der Waals surface area contributed by atoms with Crippen molar-refractivity contribution in [2.45, 2.75) is 11.8 Å². The van der Waals surface area contributed by atoms with Crippen molar-refractivity contribution in [3.05, 3.63) is 57.7 Å². The molecule has 2 aromatic heterocycles. The van der Waals surface area contributed by atoms with Gasteiger partial charge in [-0.3, -0.25) is 4.79 Å². The summed E-state index contributed by atoms with van der Waals surface area (Å²) in [6.07, 6.45) is 1.60. The van der Waals surface area contributed by atoms with E-state index in [1.54, 1.807) is 29.9 Å². The molecule has 1 amide bonds. The molecular weight excluding hydrogens is 473 g/mol. The number of benzene rings is 1. The number of anilines is 1. The van der Waals surface area contributed by atoms with Crippen LogP contribution >= 0.6 is 39.3 Å². The quantitative estimate of drug-likeness (QED) is 0.507. The van der Waals surface area contributed by atoms with Gasteiger partial charge in [0, 0.05) is 17.7 Å². The Labute approximate surface area is 177 Å². The molecule has 7 nitrogen and oxygen atoms in total. The molecule has 0 bridgehead atoms. The lowest BCUT2D eigenvalue weighted by Gasteiger charge is -2.08. The van der Waals surface area contributed by atoms with Crippen LogP contribution in [0.25, 0.3) is 0 Å². The lowest BCUT2D eigenvalue weighted by Crippen LogP contribution is -2.15. The van der Waals surface area contributed by atoms with Crippen molar-refractivity contribution >= 4 is 51.0 Å². The zero-order valence-corrected chi connectivity index (χ0v) is 17.7. The first kappa shape index (κ1) is 20.6. The molecule has 0 aliphatic rings. The van der Waals surface area contributed by atoms with Crippen molar-refractivity contribution in [1.82, 2.24) is 19.7 Å². The number of rotatable bonds is 7. The molecule has 0 aliphatic carbocycles. The number of halogens is 3. The molecular formula is C17H14BrClFN5O2S. The second-order valence-corrected chi connectivity index (χ2v) is 7.79. The smallest absolute Gasteiger partial charge is 0.236 e. The van der Waals surface area contributed by atoms with Crippen molar-refractivity contribution < 1.29 is 13.9 Å². The van der Waals surface area contributed by atoms with Crippen molar-refractivity contribution in [1.29, 1.82) is 0 Å². The zero-order valence-electron chi connectivity index (χ0n) is 14.5. The standard InChI is InChI=1S/C17H14BrClFN5O2S/c1-25-15(8-27-13-4-3-11(20)6-12(13)19)23-24-17(25)28-9-16(26)22-14-5-2-10(18)7-21-14/h2-7H,8-9H2,1H3,(H,21,22,26). The van der Waals surface area contributed by atoms with Gasteiger partial charge in [-0.05, 0) is 46.3 Å². The molecule has 3 aromatic rings. The molecule has 0 fully saturated rings. The summed E-state index contributed by atoms with van der Waals surface area (Å²) in [6, 6.07) is 7.37. The first-order chi connectivity index (χ1) is 13.4. The van der Waals surface area contributed by atoms with E-state index >= 15 is 0 Å². The third-order valence-corrected chi connectivity index (χ3v) is 5.29. The van der Waals surface area contributed by atoms with Gasteiger partial charge in [0.2, 0.25) is 5.91 Å². The van der Waals surface area contributed by atoms with Crippen LogP contribution in [0.5, 0.6) is 5.75 Å². The molecule has 0 unspecified atom stereocenters. The fourth-order valence-corrected chi connectivity index (χ4v) is 3.28. The number of pyridine rings is 1. The van der Waals surface area contributed by atoms with E-state index in [1.165, 1.54) is 30.0 Å². The highest BCUT2D eigenvalue weighted by atomic mass is 79.9. The summed E-state index contributed by atoms with van der Waals surface area (Å²) < 4.78 is 21.2. The van der Waals surface area contributed by atoms with Crippen LogP contribution in [0.1, 0.15) is 5.82 Å². The highest BCUT2D eigenvalue weighted by Crippen LogP contribution is 2.26. The number of aromatic nitrogens is 4. The fraction of sp³-hybridized carbons (Fsp3) is 0.176. The summed E-state index contributed by atoms with van der Waals surface area (Å²) in [5.41, 5.74) is 0. The minimum absolute atomic E-state index is 0.102. The summed E-state index contributed by atoms with van der Waals surface area (Å²) in [5.74, 6) is 0.857. The average Bonchev–Trinajstić information content (AvgIpc) is 3.01. The van der Waals surface area contributed by atoms with Gasteiger partial charge in [-0.25, -0.2) is 9.37 Å². The lowest BCUT2D eigenvalue weighted by molar-refractivity contribution is -0.113. The molecule has 0 spiro atoms. The third-order valence-electron chi connectivity index (χ3n) is 3.50. The van der Waals surface area contributed by atoms with Crippen molar-refractivity contribution in [3.8, 4) is 5.75 Å². The topological polar surface area (TPSA) is 81.9 Å². The Hall–Kier alpha value is -2.17. The Morgan fingerprint density at radius 2 is 2.18 bits per heavy atom. The number of carbonyl (C=O) groups excluding carboxylic acids is 1. The van der Waals surface area contributed by atoms with Gasteiger partial charge in [0.1, 0.15) is 24.0 Å². The first-order valence-corrected chi connectivity index (χ1v) is 10.1. The molecule has 0 radical (unpaired) electrons. The zero-order chi connectivity index (χ0) is 20.1. The number of hydrogen-bond acceptors (Lipinski definition) is 6. The molecule has 2 heterocycles. The van der Waals surface area contributed by atoms with Crippen molar-refractivity contribution in [2.24, 2.45) is 7.05 Å². The van der Waals surface area contributed by atoms with Crippen LogP contribution in [0.3, 0.4) is 0 Å². The summed E-state index contributed by atoms with van der Waals surface area (Å²) >= 11 is 10.5. The van der Waals surface area contributed by atoms with E-state index in [-0.39, 0.29) is 23.3 Å². The Bertz CT molecular complexity index is 986. The second-order valence-electron chi connectivity index (χ2n) is 5.52. The summed E-state index contributed by atoms with van der Waals surface area (Å²) in [6.45, 7) is 0.102. The predicted molar refractivity (Wildman–Crippen MR) is 108 cm³/mol. The first-order valence-electron chi connectivity index (χ1n) is 7.92. The van der Waals surface area contributed by atoms with E-state index in [4.69, 9.17) is 16.3 Å².